The molecule has 98 valence electrons. The summed E-state index contributed by atoms with van der Waals surface area (Å²) in [5.41, 5.74) is 0.955. The molecule has 0 aliphatic heterocycles. The van der Waals surface area contributed by atoms with Gasteiger partial charge in [0.05, 0.1) is 0 Å². The zero-order valence-electron chi connectivity index (χ0n) is 10.6. The Morgan fingerprint density at radius 2 is 2.11 bits per heavy atom. The quantitative estimate of drug-likeness (QED) is 0.635. The van der Waals surface area contributed by atoms with Crippen molar-refractivity contribution >= 4 is 11.6 Å². The highest BCUT2D eigenvalue weighted by atomic mass is 35.5. The Bertz CT molecular complexity index is 581. The van der Waals surface area contributed by atoms with Crippen molar-refractivity contribution in [3.63, 3.8) is 0 Å². The number of aromatic nitrogens is 3. The molecule has 19 heavy (non-hydrogen) atoms. The van der Waals surface area contributed by atoms with Gasteiger partial charge < -0.3 is 4.74 Å². The third kappa shape index (κ3) is 4.01. The molecule has 0 aliphatic rings. The zero-order chi connectivity index (χ0) is 13.5. The van der Waals surface area contributed by atoms with E-state index in [1.54, 1.807) is 4.68 Å². The van der Waals surface area contributed by atoms with E-state index < -0.39 is 0 Å². The molecule has 2 rings (SSSR count). The highest BCUT2D eigenvalue weighted by Crippen LogP contribution is 2.13. The fraction of sp³-hybridized carbons (Fsp3) is 0.286. The Kier molecular flexibility index (Phi) is 4.82. The summed E-state index contributed by atoms with van der Waals surface area (Å²) in [4.78, 5) is 4.09. The number of nitrogens with zero attached hydrogens (tertiary/aromatic N) is 3. The smallest absolute Gasteiger partial charge is 0.164 e. The Morgan fingerprint density at radius 1 is 1.32 bits per heavy atom. The van der Waals surface area contributed by atoms with Crippen molar-refractivity contribution in [1.29, 1.82) is 0 Å². The van der Waals surface area contributed by atoms with E-state index in [0.29, 0.717) is 18.9 Å². The minimum atomic E-state index is 0.397. The Hall–Kier alpha value is -1.99. The summed E-state index contributed by atoms with van der Waals surface area (Å²) in [7, 11) is 1.83. The summed E-state index contributed by atoms with van der Waals surface area (Å²) < 4.78 is 7.31. The molecule has 1 aromatic carbocycles. The average Bonchev–Trinajstić information content (AvgIpc) is 2.84. The first kappa shape index (κ1) is 13.4. The van der Waals surface area contributed by atoms with Crippen molar-refractivity contribution < 1.29 is 4.74 Å². The van der Waals surface area contributed by atoms with E-state index in [2.05, 4.69) is 21.9 Å². The van der Waals surface area contributed by atoms with Crippen LogP contribution in [0.3, 0.4) is 0 Å². The molecule has 0 atom stereocenters. The van der Waals surface area contributed by atoms with Gasteiger partial charge in [-0.3, -0.25) is 4.68 Å². The van der Waals surface area contributed by atoms with E-state index in [1.165, 1.54) is 6.33 Å². The largest absolute Gasteiger partial charge is 0.486 e. The van der Waals surface area contributed by atoms with Gasteiger partial charge in [-0.05, 0) is 24.3 Å². The first-order valence-corrected chi connectivity index (χ1v) is 6.43. The maximum absolute atomic E-state index is 5.62. The van der Waals surface area contributed by atoms with Crippen LogP contribution in [0.1, 0.15) is 17.8 Å². The van der Waals surface area contributed by atoms with Crippen LogP contribution in [0.2, 0.25) is 0 Å². The maximum Gasteiger partial charge on any atom is 0.164 e. The molecule has 1 heterocycles. The number of rotatable bonds is 4. The molecule has 0 fully saturated rings. The van der Waals surface area contributed by atoms with Gasteiger partial charge >= 0.3 is 0 Å². The second kappa shape index (κ2) is 6.81. The van der Waals surface area contributed by atoms with Crippen LogP contribution >= 0.6 is 11.6 Å². The van der Waals surface area contributed by atoms with Gasteiger partial charge in [0.1, 0.15) is 18.7 Å². The molecule has 4 nitrogen and oxygen atoms in total. The van der Waals surface area contributed by atoms with Crippen molar-refractivity contribution in [3.05, 3.63) is 42.0 Å². The van der Waals surface area contributed by atoms with Gasteiger partial charge in [-0.15, -0.1) is 11.6 Å². The van der Waals surface area contributed by atoms with Gasteiger partial charge in [0.2, 0.25) is 0 Å². The third-order valence-corrected chi connectivity index (χ3v) is 2.67. The van der Waals surface area contributed by atoms with E-state index in [1.807, 2.05) is 31.3 Å². The van der Waals surface area contributed by atoms with Crippen molar-refractivity contribution in [2.24, 2.45) is 7.05 Å². The molecule has 1 aromatic heterocycles. The molecule has 5 heteroatoms. The highest BCUT2D eigenvalue weighted by Gasteiger charge is 2.01. The summed E-state index contributed by atoms with van der Waals surface area (Å²) in [6, 6.07) is 7.63. The van der Waals surface area contributed by atoms with Crippen molar-refractivity contribution in [2.75, 3.05) is 5.88 Å². The number of halogens is 1. The van der Waals surface area contributed by atoms with E-state index >= 15 is 0 Å². The first-order valence-electron chi connectivity index (χ1n) is 5.90. The molecular weight excluding hydrogens is 262 g/mol. The van der Waals surface area contributed by atoms with Crippen LogP contribution in [-0.2, 0) is 13.7 Å². The molecule has 0 amide bonds. The van der Waals surface area contributed by atoms with Gasteiger partial charge in [-0.2, -0.15) is 5.10 Å². The van der Waals surface area contributed by atoms with Crippen LogP contribution in [0, 0.1) is 11.8 Å². The monoisotopic (exact) mass is 275 g/mol. The molecule has 0 aliphatic carbocycles. The molecule has 0 saturated carbocycles. The third-order valence-electron chi connectivity index (χ3n) is 2.48. The summed E-state index contributed by atoms with van der Waals surface area (Å²) >= 11 is 5.56. The second-order valence-corrected chi connectivity index (χ2v) is 4.23. The summed E-state index contributed by atoms with van der Waals surface area (Å²) in [5, 5.41) is 3.98. The number of hydrogen-bond acceptors (Lipinski definition) is 3. The van der Waals surface area contributed by atoms with Gasteiger partial charge in [0.15, 0.2) is 5.82 Å². The summed E-state index contributed by atoms with van der Waals surface area (Å²) in [6.45, 7) is 0.397. The highest BCUT2D eigenvalue weighted by molar-refractivity contribution is 6.18. The van der Waals surface area contributed by atoms with Crippen LogP contribution in [0.15, 0.2) is 30.6 Å². The first-order chi connectivity index (χ1) is 9.29. The molecule has 0 unspecified atom stereocenters. The topological polar surface area (TPSA) is 39.9 Å². The SMILES string of the molecule is Cn1ncnc1COc1ccc(C#CCCCl)cc1. The average molecular weight is 276 g/mol. The second-order valence-electron chi connectivity index (χ2n) is 3.85. The molecule has 0 saturated heterocycles. The number of benzene rings is 1. The van der Waals surface area contributed by atoms with Crippen LogP contribution in [0.4, 0.5) is 0 Å². The normalized spacial score (nSPS) is 9.79. The lowest BCUT2D eigenvalue weighted by Gasteiger charge is -2.05. The van der Waals surface area contributed by atoms with Crippen molar-refractivity contribution in [2.45, 2.75) is 13.0 Å². The standard InChI is InChI=1S/C14H14ClN3O/c1-18-14(16-11-17-18)10-19-13-7-5-12(6-8-13)4-2-3-9-15/h5-8,11H,3,9-10H2,1H3. The van der Waals surface area contributed by atoms with E-state index in [-0.39, 0.29) is 0 Å². The summed E-state index contributed by atoms with van der Waals surface area (Å²) in [6.07, 6.45) is 2.21. The summed E-state index contributed by atoms with van der Waals surface area (Å²) in [5.74, 6) is 8.15. The van der Waals surface area contributed by atoms with Crippen molar-refractivity contribution in [1.82, 2.24) is 14.8 Å². The van der Waals surface area contributed by atoms with Gasteiger partial charge in [-0.25, -0.2) is 4.98 Å². The van der Waals surface area contributed by atoms with Gasteiger partial charge in [0.25, 0.3) is 0 Å². The minimum Gasteiger partial charge on any atom is -0.486 e. The lowest BCUT2D eigenvalue weighted by molar-refractivity contribution is 0.290. The predicted molar refractivity (Wildman–Crippen MR) is 74.0 cm³/mol. The van der Waals surface area contributed by atoms with Crippen LogP contribution < -0.4 is 4.74 Å². The molecule has 0 radical (unpaired) electrons. The zero-order valence-corrected chi connectivity index (χ0v) is 11.4. The Balaban J connectivity index is 1.92. The number of alkyl halides is 1. The molecular formula is C14H14ClN3O. The minimum absolute atomic E-state index is 0.397. The number of ether oxygens (including phenoxy) is 1. The fourth-order valence-electron chi connectivity index (χ4n) is 1.44. The predicted octanol–water partition coefficient (Wildman–Crippen LogP) is 2.37. The van der Waals surface area contributed by atoms with Crippen LogP contribution in [-0.4, -0.2) is 20.6 Å². The van der Waals surface area contributed by atoms with Crippen LogP contribution in [0.25, 0.3) is 0 Å². The lowest BCUT2D eigenvalue weighted by Crippen LogP contribution is -2.04. The van der Waals surface area contributed by atoms with Gasteiger partial charge in [0, 0.05) is 24.9 Å². The van der Waals surface area contributed by atoms with Gasteiger partial charge in [-0.1, -0.05) is 11.8 Å². The Labute approximate surface area is 117 Å². The van der Waals surface area contributed by atoms with Crippen molar-refractivity contribution in [3.8, 4) is 17.6 Å². The molecule has 0 spiro atoms. The maximum atomic E-state index is 5.62. The van der Waals surface area contributed by atoms with E-state index in [9.17, 15) is 0 Å². The molecule has 2 aromatic rings. The molecule has 0 bridgehead atoms. The van der Waals surface area contributed by atoms with E-state index in [0.717, 1.165) is 17.1 Å². The number of aryl methyl sites for hydroxylation is 1. The molecule has 0 N–H and O–H groups in total. The van der Waals surface area contributed by atoms with E-state index in [4.69, 9.17) is 16.3 Å². The Morgan fingerprint density at radius 3 is 2.74 bits per heavy atom. The number of hydrogen-bond donors (Lipinski definition) is 0. The lowest BCUT2D eigenvalue weighted by atomic mass is 10.2. The fourth-order valence-corrected chi connectivity index (χ4v) is 1.54. The van der Waals surface area contributed by atoms with Crippen LogP contribution in [0.5, 0.6) is 5.75 Å².